The van der Waals surface area contributed by atoms with Crippen LogP contribution in [0, 0.1) is 0 Å². The lowest BCUT2D eigenvalue weighted by Gasteiger charge is -2.05. The molecule has 0 fully saturated rings. The third-order valence-corrected chi connectivity index (χ3v) is 4.85. The fourth-order valence-electron chi connectivity index (χ4n) is 2.76. The highest BCUT2D eigenvalue weighted by Crippen LogP contribution is 2.35. The fraction of sp³-hybridized carbons (Fsp3) is 1.00. The Morgan fingerprint density at radius 1 is 0.679 bits per heavy atom. The second kappa shape index (κ2) is 25.0. The second-order valence-corrected chi connectivity index (χ2v) is 8.36. The van der Waals surface area contributed by atoms with Crippen molar-refractivity contribution < 1.29 is 29.1 Å². The molecule has 0 unspecified atom stereocenters. The molecule has 28 heavy (non-hydrogen) atoms. The number of rotatable bonds is 20. The van der Waals surface area contributed by atoms with Crippen LogP contribution < -0.4 is 5.32 Å². The molecule has 0 heterocycles. The molecule has 0 rings (SSSR count). The molecular formula is C20H46NO6P. The molecule has 0 amide bonds. The predicted octanol–water partition coefficient (Wildman–Crippen LogP) is 4.14. The Balaban J connectivity index is 0. The highest BCUT2D eigenvalue weighted by Gasteiger charge is 2.12. The summed E-state index contributed by atoms with van der Waals surface area (Å²) in [5, 5.41) is 19.1. The zero-order valence-electron chi connectivity index (χ0n) is 18.0. The molecule has 8 heteroatoms. The summed E-state index contributed by atoms with van der Waals surface area (Å²) in [6.45, 7) is 3.84. The van der Waals surface area contributed by atoms with Crippen molar-refractivity contribution in [3.05, 3.63) is 0 Å². The highest BCUT2D eigenvalue weighted by molar-refractivity contribution is 7.46. The van der Waals surface area contributed by atoms with E-state index in [9.17, 15) is 4.57 Å². The zero-order chi connectivity index (χ0) is 21.3. The van der Waals surface area contributed by atoms with Crippen LogP contribution in [0.4, 0.5) is 0 Å². The number of phosphoric acid groups is 1. The average Bonchev–Trinajstić information content (AvgIpc) is 2.65. The number of aliphatic hydroxyl groups excluding tert-OH is 2. The fourth-order valence-corrected chi connectivity index (χ4v) is 3.13. The van der Waals surface area contributed by atoms with Crippen molar-refractivity contribution in [2.24, 2.45) is 0 Å². The Kier molecular flexibility index (Phi) is 27.0. The maximum Gasteiger partial charge on any atom is 0.469 e. The van der Waals surface area contributed by atoms with Gasteiger partial charge in [-0.3, -0.25) is 4.52 Å². The van der Waals surface area contributed by atoms with Crippen molar-refractivity contribution in [3.8, 4) is 0 Å². The van der Waals surface area contributed by atoms with Crippen molar-refractivity contribution >= 4 is 7.82 Å². The Morgan fingerprint density at radius 2 is 1.04 bits per heavy atom. The molecule has 0 aliphatic carbocycles. The lowest BCUT2D eigenvalue weighted by molar-refractivity contribution is 0.193. The molecule has 0 aromatic heterocycles. The monoisotopic (exact) mass is 427 g/mol. The van der Waals surface area contributed by atoms with Gasteiger partial charge in [-0.25, -0.2) is 4.57 Å². The molecule has 172 valence electrons. The van der Waals surface area contributed by atoms with Crippen LogP contribution >= 0.6 is 7.82 Å². The Morgan fingerprint density at radius 3 is 1.36 bits per heavy atom. The number of unbranched alkanes of at least 4 members (excludes halogenated alkanes) is 13. The van der Waals surface area contributed by atoms with E-state index in [1.807, 2.05) is 0 Å². The summed E-state index contributed by atoms with van der Waals surface area (Å²) in [6.07, 6.45) is 17.8. The summed E-state index contributed by atoms with van der Waals surface area (Å²) in [4.78, 5) is 17.0. The van der Waals surface area contributed by atoms with Gasteiger partial charge >= 0.3 is 7.82 Å². The second-order valence-electron chi connectivity index (χ2n) is 7.12. The van der Waals surface area contributed by atoms with Crippen molar-refractivity contribution in [1.29, 1.82) is 0 Å². The molecule has 0 saturated heterocycles. The summed E-state index contributed by atoms with van der Waals surface area (Å²) in [5.74, 6) is 0. The summed E-state index contributed by atoms with van der Waals surface area (Å²) in [5.41, 5.74) is 0. The van der Waals surface area contributed by atoms with Gasteiger partial charge in [0, 0.05) is 13.1 Å². The topological polar surface area (TPSA) is 119 Å². The maximum absolute atomic E-state index is 10.4. The minimum absolute atomic E-state index is 0.139. The Labute approximate surface area is 172 Å². The van der Waals surface area contributed by atoms with E-state index in [2.05, 4.69) is 16.8 Å². The van der Waals surface area contributed by atoms with E-state index in [-0.39, 0.29) is 19.8 Å². The molecule has 0 aliphatic rings. The summed E-state index contributed by atoms with van der Waals surface area (Å²) in [7, 11) is -4.25. The normalized spacial score (nSPS) is 11.3. The van der Waals surface area contributed by atoms with Gasteiger partial charge in [0.25, 0.3) is 0 Å². The van der Waals surface area contributed by atoms with E-state index >= 15 is 0 Å². The highest BCUT2D eigenvalue weighted by atomic mass is 31.2. The lowest BCUT2D eigenvalue weighted by Crippen LogP contribution is -2.21. The van der Waals surface area contributed by atoms with Gasteiger partial charge in [0.05, 0.1) is 19.8 Å². The van der Waals surface area contributed by atoms with Gasteiger partial charge in [0.15, 0.2) is 0 Å². The molecule has 0 aliphatic heterocycles. The van der Waals surface area contributed by atoms with E-state index < -0.39 is 7.82 Å². The quantitative estimate of drug-likeness (QED) is 0.146. The van der Waals surface area contributed by atoms with Gasteiger partial charge in [-0.2, -0.15) is 0 Å². The minimum Gasteiger partial charge on any atom is -0.395 e. The molecule has 7 nitrogen and oxygen atoms in total. The molecule has 0 aromatic carbocycles. The van der Waals surface area contributed by atoms with Crippen LogP contribution in [0.25, 0.3) is 0 Å². The third kappa shape index (κ3) is 33.6. The van der Waals surface area contributed by atoms with E-state index in [0.29, 0.717) is 13.1 Å². The van der Waals surface area contributed by atoms with Gasteiger partial charge in [0.1, 0.15) is 0 Å². The largest absolute Gasteiger partial charge is 0.469 e. The van der Waals surface area contributed by atoms with Crippen molar-refractivity contribution in [2.75, 3.05) is 32.9 Å². The maximum atomic E-state index is 10.4. The van der Waals surface area contributed by atoms with Crippen LogP contribution in [0.15, 0.2) is 0 Å². The van der Waals surface area contributed by atoms with E-state index in [1.165, 1.54) is 70.6 Å². The van der Waals surface area contributed by atoms with Crippen LogP contribution in [-0.4, -0.2) is 52.9 Å². The number of hydrogen-bond acceptors (Lipinski definition) is 5. The number of phosphoric ester groups is 1. The first-order chi connectivity index (χ1) is 13.5. The standard InChI is InChI=1S/C16H35O4P.C4H11NO2/c1-2-3-4-5-6-7-8-9-10-11-12-13-14-15-16-20-21(17,18)19;6-3-1-5-2-4-7/h2-16H2,1H3,(H2,17,18,19);5-7H,1-4H2. The summed E-state index contributed by atoms with van der Waals surface area (Å²) < 4.78 is 14.8. The van der Waals surface area contributed by atoms with Gasteiger partial charge in [-0.05, 0) is 6.42 Å². The molecule has 0 aromatic rings. The van der Waals surface area contributed by atoms with Gasteiger partial charge in [0.2, 0.25) is 0 Å². The minimum atomic E-state index is -4.25. The number of hydrogen-bond donors (Lipinski definition) is 5. The van der Waals surface area contributed by atoms with Crippen molar-refractivity contribution in [2.45, 2.75) is 96.8 Å². The smallest absolute Gasteiger partial charge is 0.395 e. The SMILES string of the molecule is CCCCCCCCCCCCCCCCOP(=O)(O)O.OCCNCCO. The van der Waals surface area contributed by atoms with Crippen LogP contribution in [0.5, 0.6) is 0 Å². The van der Waals surface area contributed by atoms with Crippen LogP contribution in [0.2, 0.25) is 0 Å². The van der Waals surface area contributed by atoms with Crippen LogP contribution in [0.1, 0.15) is 96.8 Å². The Bertz CT molecular complexity index is 324. The molecule has 5 N–H and O–H groups in total. The van der Waals surface area contributed by atoms with Gasteiger partial charge < -0.3 is 25.3 Å². The van der Waals surface area contributed by atoms with Gasteiger partial charge in [-0.15, -0.1) is 0 Å². The molecule has 0 radical (unpaired) electrons. The number of nitrogens with one attached hydrogen (secondary N) is 1. The third-order valence-electron chi connectivity index (χ3n) is 4.33. The predicted molar refractivity (Wildman–Crippen MR) is 115 cm³/mol. The van der Waals surface area contributed by atoms with Gasteiger partial charge in [-0.1, -0.05) is 90.4 Å². The molecular weight excluding hydrogens is 381 g/mol. The molecule has 0 spiro atoms. The van der Waals surface area contributed by atoms with Crippen LogP contribution in [-0.2, 0) is 9.09 Å². The van der Waals surface area contributed by atoms with E-state index in [4.69, 9.17) is 20.0 Å². The number of aliphatic hydroxyl groups is 2. The lowest BCUT2D eigenvalue weighted by atomic mass is 10.0. The van der Waals surface area contributed by atoms with E-state index in [1.54, 1.807) is 0 Å². The summed E-state index contributed by atoms with van der Waals surface area (Å²) >= 11 is 0. The van der Waals surface area contributed by atoms with Crippen molar-refractivity contribution in [1.82, 2.24) is 5.32 Å². The molecule has 0 bridgehead atoms. The zero-order valence-corrected chi connectivity index (χ0v) is 18.9. The Hall–Kier alpha value is -0.0100. The van der Waals surface area contributed by atoms with Crippen LogP contribution in [0.3, 0.4) is 0 Å². The van der Waals surface area contributed by atoms with E-state index in [0.717, 1.165) is 19.3 Å². The molecule has 0 saturated carbocycles. The summed E-state index contributed by atoms with van der Waals surface area (Å²) in [6, 6.07) is 0. The van der Waals surface area contributed by atoms with Crippen molar-refractivity contribution in [3.63, 3.8) is 0 Å². The first-order valence-electron chi connectivity index (χ1n) is 11.1. The first-order valence-corrected chi connectivity index (χ1v) is 12.6. The molecule has 0 atom stereocenters. The average molecular weight is 428 g/mol. The first kappa shape index (κ1) is 30.2.